The van der Waals surface area contributed by atoms with Gasteiger partial charge in [-0.25, -0.2) is 9.48 Å². The van der Waals surface area contributed by atoms with Gasteiger partial charge in [0.1, 0.15) is 5.75 Å². The van der Waals surface area contributed by atoms with Gasteiger partial charge >= 0.3 is 12.5 Å². The van der Waals surface area contributed by atoms with E-state index < -0.39 is 24.5 Å². The molecule has 0 radical (unpaired) electrons. The molecule has 0 fully saturated rings. The van der Waals surface area contributed by atoms with Crippen LogP contribution < -0.4 is 10.1 Å². The number of hydrogen-bond acceptors (Lipinski definition) is 4. The van der Waals surface area contributed by atoms with Crippen LogP contribution in [0.4, 0.5) is 8.78 Å². The molecule has 1 aliphatic rings. The summed E-state index contributed by atoms with van der Waals surface area (Å²) in [6.07, 6.45) is 0.441. The number of carbonyl (C=O) groups excluding carboxylic acids is 1. The molecule has 7 nitrogen and oxygen atoms in total. The highest BCUT2D eigenvalue weighted by Gasteiger charge is 2.26. The first-order chi connectivity index (χ1) is 12.8. The van der Waals surface area contributed by atoms with Gasteiger partial charge < -0.3 is 15.2 Å². The predicted molar refractivity (Wildman–Crippen MR) is 90.8 cm³/mol. The van der Waals surface area contributed by atoms with Crippen molar-refractivity contribution in [3.63, 3.8) is 0 Å². The molecule has 27 heavy (non-hydrogen) atoms. The van der Waals surface area contributed by atoms with Crippen LogP contribution in [-0.2, 0) is 22.4 Å². The van der Waals surface area contributed by atoms with Gasteiger partial charge in [-0.3, -0.25) is 4.79 Å². The van der Waals surface area contributed by atoms with Crippen molar-refractivity contribution >= 4 is 11.9 Å². The van der Waals surface area contributed by atoms with Crippen LogP contribution in [0.2, 0.25) is 0 Å². The summed E-state index contributed by atoms with van der Waals surface area (Å²) >= 11 is 0. The van der Waals surface area contributed by atoms with E-state index in [1.54, 1.807) is 18.2 Å². The number of nitrogens with zero attached hydrogens (tertiary/aromatic N) is 2. The van der Waals surface area contributed by atoms with Gasteiger partial charge in [-0.1, -0.05) is 6.07 Å². The molecule has 3 rings (SSSR count). The van der Waals surface area contributed by atoms with Crippen LogP contribution in [-0.4, -0.2) is 33.4 Å². The highest BCUT2D eigenvalue weighted by Crippen LogP contribution is 2.28. The van der Waals surface area contributed by atoms with Gasteiger partial charge in [0.2, 0.25) is 5.91 Å². The van der Waals surface area contributed by atoms with Crippen molar-refractivity contribution in [3.05, 3.63) is 46.3 Å². The van der Waals surface area contributed by atoms with E-state index in [2.05, 4.69) is 10.4 Å². The molecular formula is C18H19F2N3O4. The van der Waals surface area contributed by atoms with E-state index in [9.17, 15) is 23.5 Å². The topological polar surface area (TPSA) is 93.5 Å². The molecule has 0 saturated heterocycles. The summed E-state index contributed by atoms with van der Waals surface area (Å²) in [6, 6.07) is 3.73. The van der Waals surface area contributed by atoms with E-state index in [1.165, 1.54) is 13.8 Å². The molecule has 2 N–H and O–H groups in total. The zero-order valence-electron chi connectivity index (χ0n) is 14.8. The third kappa shape index (κ3) is 3.76. The average molecular weight is 379 g/mol. The summed E-state index contributed by atoms with van der Waals surface area (Å²) in [6.45, 7) is 0.712. The van der Waals surface area contributed by atoms with Crippen molar-refractivity contribution < 1.29 is 28.2 Å². The normalized spacial score (nSPS) is 14.0. The monoisotopic (exact) mass is 379 g/mol. The molecule has 0 aliphatic carbocycles. The number of carboxylic acids is 1. The molecule has 2 aromatic rings. The summed E-state index contributed by atoms with van der Waals surface area (Å²) < 4.78 is 31.8. The van der Waals surface area contributed by atoms with E-state index in [0.717, 1.165) is 5.56 Å². The molecule has 0 saturated carbocycles. The van der Waals surface area contributed by atoms with Crippen molar-refractivity contribution in [2.75, 3.05) is 6.61 Å². The lowest BCUT2D eigenvalue weighted by Gasteiger charge is -2.16. The summed E-state index contributed by atoms with van der Waals surface area (Å²) in [5.41, 5.74) is 2.16. The third-order valence-corrected chi connectivity index (χ3v) is 4.60. The average Bonchev–Trinajstić information content (AvgIpc) is 3.18. The number of nitrogens with one attached hydrogen (secondary N) is 1. The highest BCUT2D eigenvalue weighted by molar-refractivity contribution is 5.86. The Labute approximate surface area is 153 Å². The molecule has 9 heteroatoms. The highest BCUT2D eigenvalue weighted by atomic mass is 19.3. The van der Waals surface area contributed by atoms with Crippen LogP contribution in [0.1, 0.15) is 40.7 Å². The Balaban J connectivity index is 1.78. The Morgan fingerprint density at radius 1 is 1.37 bits per heavy atom. The number of aliphatic carboxylic acids is 1. The van der Waals surface area contributed by atoms with Gasteiger partial charge in [0.15, 0.2) is 6.04 Å². The largest absolute Gasteiger partial charge is 0.493 e. The number of aromatic nitrogens is 2. The Bertz CT molecular complexity index is 895. The molecule has 1 aromatic carbocycles. The predicted octanol–water partition coefficient (Wildman–Crippen LogP) is 2.31. The summed E-state index contributed by atoms with van der Waals surface area (Å²) in [7, 11) is 0. The third-order valence-electron chi connectivity index (χ3n) is 4.60. The Kier molecular flexibility index (Phi) is 5.11. The zero-order chi connectivity index (χ0) is 19.7. The van der Waals surface area contributed by atoms with E-state index in [4.69, 9.17) is 4.74 Å². The maximum atomic E-state index is 12.9. The van der Waals surface area contributed by atoms with Crippen molar-refractivity contribution in [2.24, 2.45) is 0 Å². The number of halogens is 2. The first kappa shape index (κ1) is 18.8. The van der Waals surface area contributed by atoms with Crippen LogP contribution in [0.5, 0.6) is 5.75 Å². The van der Waals surface area contributed by atoms with Crippen LogP contribution in [0, 0.1) is 13.8 Å². The van der Waals surface area contributed by atoms with E-state index in [0.29, 0.717) is 40.3 Å². The lowest BCUT2D eigenvalue weighted by atomic mass is 10.0. The van der Waals surface area contributed by atoms with E-state index in [-0.39, 0.29) is 12.1 Å². The molecule has 144 valence electrons. The van der Waals surface area contributed by atoms with Gasteiger partial charge in [-0.15, -0.1) is 0 Å². The summed E-state index contributed by atoms with van der Waals surface area (Å²) in [4.78, 5) is 24.0. The number of benzene rings is 1. The SMILES string of the molecule is Cc1nn(C(F)F)c(C)c1CC(=O)NC(C(=O)O)c1ccc2c(c1)CCO2. The van der Waals surface area contributed by atoms with Gasteiger partial charge in [0.25, 0.3) is 0 Å². The molecule has 2 heterocycles. The molecule has 0 bridgehead atoms. The van der Waals surface area contributed by atoms with Gasteiger partial charge in [0, 0.05) is 17.7 Å². The Morgan fingerprint density at radius 2 is 2.11 bits per heavy atom. The second-order valence-electron chi connectivity index (χ2n) is 6.35. The molecule has 0 spiro atoms. The lowest BCUT2D eigenvalue weighted by Crippen LogP contribution is -2.35. The zero-order valence-corrected chi connectivity index (χ0v) is 14.8. The fraction of sp³-hybridized carbons (Fsp3) is 0.389. The van der Waals surface area contributed by atoms with Gasteiger partial charge in [-0.2, -0.15) is 13.9 Å². The number of carbonyl (C=O) groups is 2. The van der Waals surface area contributed by atoms with Crippen molar-refractivity contribution in [2.45, 2.75) is 39.3 Å². The standard InChI is InChI=1S/C18H19F2N3O4/c1-9-13(10(2)23(22-9)18(19)20)8-15(24)21-16(17(25)26)12-3-4-14-11(7-12)5-6-27-14/h3-4,7,16,18H,5-6,8H2,1-2H3,(H,21,24)(H,25,26). The first-order valence-corrected chi connectivity index (χ1v) is 8.38. The minimum Gasteiger partial charge on any atom is -0.493 e. The number of carboxylic acid groups (broad SMARTS) is 1. The smallest absolute Gasteiger partial charge is 0.333 e. The van der Waals surface area contributed by atoms with Gasteiger partial charge in [0.05, 0.1) is 18.7 Å². The van der Waals surface area contributed by atoms with Crippen LogP contribution >= 0.6 is 0 Å². The number of aryl methyl sites for hydroxylation is 1. The molecule has 1 atom stereocenters. The van der Waals surface area contributed by atoms with Crippen LogP contribution in [0.25, 0.3) is 0 Å². The maximum Gasteiger partial charge on any atom is 0.333 e. The van der Waals surface area contributed by atoms with E-state index in [1.807, 2.05) is 0 Å². The van der Waals surface area contributed by atoms with Crippen LogP contribution in [0.3, 0.4) is 0 Å². The number of amides is 1. The van der Waals surface area contributed by atoms with E-state index >= 15 is 0 Å². The number of hydrogen-bond donors (Lipinski definition) is 2. The Hall–Kier alpha value is -2.97. The fourth-order valence-electron chi connectivity index (χ4n) is 3.19. The van der Waals surface area contributed by atoms with Crippen LogP contribution in [0.15, 0.2) is 18.2 Å². The number of ether oxygens (including phenoxy) is 1. The number of alkyl halides is 2. The molecular weight excluding hydrogens is 360 g/mol. The van der Waals surface area contributed by atoms with Crippen molar-refractivity contribution in [3.8, 4) is 5.75 Å². The first-order valence-electron chi connectivity index (χ1n) is 8.38. The quantitative estimate of drug-likeness (QED) is 0.803. The van der Waals surface area contributed by atoms with Crippen molar-refractivity contribution in [1.82, 2.24) is 15.1 Å². The summed E-state index contributed by atoms with van der Waals surface area (Å²) in [5, 5.41) is 15.7. The molecule has 1 aromatic heterocycles. The lowest BCUT2D eigenvalue weighted by molar-refractivity contribution is -0.141. The fourth-order valence-corrected chi connectivity index (χ4v) is 3.19. The van der Waals surface area contributed by atoms with Gasteiger partial charge in [-0.05, 0) is 37.1 Å². The second-order valence-corrected chi connectivity index (χ2v) is 6.35. The summed E-state index contributed by atoms with van der Waals surface area (Å²) in [5.74, 6) is -1.09. The Morgan fingerprint density at radius 3 is 2.74 bits per heavy atom. The molecule has 1 aliphatic heterocycles. The second kappa shape index (κ2) is 7.34. The number of fused-ring (bicyclic) bond motifs is 1. The number of rotatable bonds is 6. The molecule has 1 unspecified atom stereocenters. The molecule has 1 amide bonds. The minimum atomic E-state index is -2.80. The minimum absolute atomic E-state index is 0.180. The van der Waals surface area contributed by atoms with Crippen molar-refractivity contribution in [1.29, 1.82) is 0 Å². The maximum absolute atomic E-state index is 12.9.